The molecule has 0 saturated heterocycles. The van der Waals surface area contributed by atoms with Crippen molar-refractivity contribution < 1.29 is 0 Å². The van der Waals surface area contributed by atoms with E-state index >= 15 is 0 Å². The molecular formula is C17H29N. The third kappa shape index (κ3) is 5.68. The lowest BCUT2D eigenvalue weighted by atomic mass is 9.99. The van der Waals surface area contributed by atoms with Crippen molar-refractivity contribution in [2.24, 2.45) is 0 Å². The van der Waals surface area contributed by atoms with Crippen molar-refractivity contribution in [1.29, 1.82) is 0 Å². The van der Waals surface area contributed by atoms with Crippen LogP contribution in [0.25, 0.3) is 0 Å². The van der Waals surface area contributed by atoms with Crippen LogP contribution >= 0.6 is 0 Å². The van der Waals surface area contributed by atoms with Gasteiger partial charge in [0.15, 0.2) is 0 Å². The van der Waals surface area contributed by atoms with E-state index in [0.29, 0.717) is 12.1 Å². The van der Waals surface area contributed by atoms with Gasteiger partial charge in [-0.25, -0.2) is 0 Å². The molecule has 0 aliphatic rings. The average molecular weight is 247 g/mol. The average Bonchev–Trinajstić information content (AvgIpc) is 2.42. The van der Waals surface area contributed by atoms with Gasteiger partial charge in [0.25, 0.3) is 0 Å². The summed E-state index contributed by atoms with van der Waals surface area (Å²) in [6.45, 7) is 6.85. The summed E-state index contributed by atoms with van der Waals surface area (Å²) >= 11 is 0. The van der Waals surface area contributed by atoms with Crippen LogP contribution in [0.3, 0.4) is 0 Å². The summed E-state index contributed by atoms with van der Waals surface area (Å²) in [7, 11) is 0. The monoisotopic (exact) mass is 247 g/mol. The summed E-state index contributed by atoms with van der Waals surface area (Å²) in [6, 6.07) is 12.0. The van der Waals surface area contributed by atoms with Gasteiger partial charge in [0.05, 0.1) is 0 Å². The van der Waals surface area contributed by atoms with E-state index in [-0.39, 0.29) is 0 Å². The van der Waals surface area contributed by atoms with Crippen LogP contribution in [0, 0.1) is 0 Å². The van der Waals surface area contributed by atoms with Gasteiger partial charge in [-0.3, -0.25) is 0 Å². The molecule has 0 radical (unpaired) electrons. The SMILES string of the molecule is CCCCC(C)NC(CCCC)c1ccccc1. The maximum atomic E-state index is 3.80. The molecule has 1 aromatic rings. The molecule has 0 amide bonds. The van der Waals surface area contributed by atoms with Gasteiger partial charge in [-0.05, 0) is 25.3 Å². The molecule has 1 aromatic carbocycles. The van der Waals surface area contributed by atoms with Crippen LogP contribution in [0.1, 0.15) is 70.9 Å². The lowest BCUT2D eigenvalue weighted by molar-refractivity contribution is 0.401. The summed E-state index contributed by atoms with van der Waals surface area (Å²) in [5.74, 6) is 0. The minimum Gasteiger partial charge on any atom is -0.307 e. The maximum absolute atomic E-state index is 3.80. The van der Waals surface area contributed by atoms with Crippen molar-refractivity contribution in [3.63, 3.8) is 0 Å². The van der Waals surface area contributed by atoms with Crippen LogP contribution in [0.2, 0.25) is 0 Å². The molecule has 0 saturated carbocycles. The van der Waals surface area contributed by atoms with E-state index in [9.17, 15) is 0 Å². The molecule has 0 aliphatic heterocycles. The molecule has 0 bridgehead atoms. The third-order valence-corrected chi connectivity index (χ3v) is 3.52. The van der Waals surface area contributed by atoms with E-state index < -0.39 is 0 Å². The van der Waals surface area contributed by atoms with E-state index in [1.807, 2.05) is 0 Å². The smallest absolute Gasteiger partial charge is 0.0322 e. The first-order chi connectivity index (χ1) is 8.77. The first-order valence-electron chi connectivity index (χ1n) is 7.58. The van der Waals surface area contributed by atoms with Crippen molar-refractivity contribution >= 4 is 0 Å². The van der Waals surface area contributed by atoms with Gasteiger partial charge >= 0.3 is 0 Å². The number of benzene rings is 1. The summed E-state index contributed by atoms with van der Waals surface area (Å²) in [5, 5.41) is 3.80. The maximum Gasteiger partial charge on any atom is 0.0322 e. The van der Waals surface area contributed by atoms with Gasteiger partial charge in [0.2, 0.25) is 0 Å². The Labute approximate surface area is 113 Å². The van der Waals surface area contributed by atoms with Crippen LogP contribution in [0.5, 0.6) is 0 Å². The van der Waals surface area contributed by atoms with Gasteiger partial charge in [0, 0.05) is 12.1 Å². The topological polar surface area (TPSA) is 12.0 Å². The molecule has 18 heavy (non-hydrogen) atoms. The van der Waals surface area contributed by atoms with E-state index in [1.165, 1.54) is 44.1 Å². The Morgan fingerprint density at radius 2 is 1.56 bits per heavy atom. The van der Waals surface area contributed by atoms with Gasteiger partial charge in [-0.2, -0.15) is 0 Å². The molecule has 0 fully saturated rings. The zero-order valence-corrected chi connectivity index (χ0v) is 12.3. The fourth-order valence-electron chi connectivity index (χ4n) is 2.38. The standard InChI is InChI=1S/C17H29N/c1-4-6-11-15(3)18-17(14-7-5-2)16-12-9-8-10-13-16/h8-10,12-13,15,17-18H,4-7,11,14H2,1-3H3. The fourth-order valence-corrected chi connectivity index (χ4v) is 2.38. The molecule has 0 spiro atoms. The predicted molar refractivity (Wildman–Crippen MR) is 80.8 cm³/mol. The summed E-state index contributed by atoms with van der Waals surface area (Å²) in [6.07, 6.45) is 7.71. The van der Waals surface area contributed by atoms with Crippen LogP contribution in [0.4, 0.5) is 0 Å². The zero-order chi connectivity index (χ0) is 13.2. The molecule has 102 valence electrons. The Morgan fingerprint density at radius 3 is 2.17 bits per heavy atom. The summed E-state index contributed by atoms with van der Waals surface area (Å²) in [4.78, 5) is 0. The lowest BCUT2D eigenvalue weighted by Gasteiger charge is -2.24. The number of nitrogens with one attached hydrogen (secondary N) is 1. The second-order valence-electron chi connectivity index (χ2n) is 5.32. The van der Waals surface area contributed by atoms with Gasteiger partial charge in [0.1, 0.15) is 0 Å². The summed E-state index contributed by atoms with van der Waals surface area (Å²) in [5.41, 5.74) is 1.44. The van der Waals surface area contributed by atoms with E-state index in [4.69, 9.17) is 0 Å². The van der Waals surface area contributed by atoms with Crippen molar-refractivity contribution in [2.45, 2.75) is 71.4 Å². The summed E-state index contributed by atoms with van der Waals surface area (Å²) < 4.78 is 0. The van der Waals surface area contributed by atoms with Gasteiger partial charge < -0.3 is 5.32 Å². The highest BCUT2D eigenvalue weighted by Crippen LogP contribution is 2.20. The van der Waals surface area contributed by atoms with Gasteiger partial charge in [-0.15, -0.1) is 0 Å². The highest BCUT2D eigenvalue weighted by Gasteiger charge is 2.13. The zero-order valence-electron chi connectivity index (χ0n) is 12.3. The van der Waals surface area contributed by atoms with E-state index in [0.717, 1.165) is 0 Å². The minimum atomic E-state index is 0.526. The Morgan fingerprint density at radius 1 is 0.944 bits per heavy atom. The third-order valence-electron chi connectivity index (χ3n) is 3.52. The van der Waals surface area contributed by atoms with E-state index in [2.05, 4.69) is 56.4 Å². The molecule has 2 unspecified atom stereocenters. The Hall–Kier alpha value is -0.820. The first-order valence-corrected chi connectivity index (χ1v) is 7.58. The molecule has 0 heterocycles. The van der Waals surface area contributed by atoms with Crippen LogP contribution in [-0.4, -0.2) is 6.04 Å². The highest BCUT2D eigenvalue weighted by molar-refractivity contribution is 5.18. The number of unbranched alkanes of at least 4 members (excludes halogenated alkanes) is 2. The minimum absolute atomic E-state index is 0.526. The first kappa shape index (κ1) is 15.2. The normalized spacial score (nSPS) is 14.4. The molecule has 0 aliphatic carbocycles. The highest BCUT2D eigenvalue weighted by atomic mass is 14.9. The van der Waals surface area contributed by atoms with Crippen molar-refractivity contribution in [3.8, 4) is 0 Å². The van der Waals surface area contributed by atoms with Crippen LogP contribution in [0.15, 0.2) is 30.3 Å². The van der Waals surface area contributed by atoms with Crippen LogP contribution in [-0.2, 0) is 0 Å². The number of hydrogen-bond acceptors (Lipinski definition) is 1. The Balaban J connectivity index is 2.55. The van der Waals surface area contributed by atoms with Crippen molar-refractivity contribution in [1.82, 2.24) is 5.32 Å². The largest absolute Gasteiger partial charge is 0.307 e. The Kier molecular flexibility index (Phi) is 7.75. The second-order valence-corrected chi connectivity index (χ2v) is 5.32. The van der Waals surface area contributed by atoms with Crippen molar-refractivity contribution in [3.05, 3.63) is 35.9 Å². The quantitative estimate of drug-likeness (QED) is 0.641. The fraction of sp³-hybridized carbons (Fsp3) is 0.647. The molecule has 0 aromatic heterocycles. The molecule has 1 rings (SSSR count). The number of rotatable bonds is 9. The van der Waals surface area contributed by atoms with Crippen LogP contribution < -0.4 is 5.32 Å². The predicted octanol–water partition coefficient (Wildman–Crippen LogP) is 5.09. The number of hydrogen-bond donors (Lipinski definition) is 1. The molecule has 2 atom stereocenters. The molecular weight excluding hydrogens is 218 g/mol. The van der Waals surface area contributed by atoms with Gasteiger partial charge in [-0.1, -0.05) is 69.9 Å². The lowest BCUT2D eigenvalue weighted by Crippen LogP contribution is -2.30. The second kappa shape index (κ2) is 9.16. The molecule has 1 N–H and O–H groups in total. The molecule has 1 heteroatoms. The van der Waals surface area contributed by atoms with E-state index in [1.54, 1.807) is 0 Å². The van der Waals surface area contributed by atoms with Crippen molar-refractivity contribution in [2.75, 3.05) is 0 Å². The Bertz CT molecular complexity index is 294. The molecule has 1 nitrogen and oxygen atoms in total.